The van der Waals surface area contributed by atoms with Crippen molar-refractivity contribution in [1.29, 1.82) is 0 Å². The van der Waals surface area contributed by atoms with Crippen molar-refractivity contribution < 1.29 is 35.5 Å². The maximum atomic E-state index is 13.0. The predicted molar refractivity (Wildman–Crippen MR) is 145 cm³/mol. The van der Waals surface area contributed by atoms with Crippen molar-refractivity contribution in [1.82, 2.24) is 0 Å². The highest BCUT2D eigenvalue weighted by atomic mass is 32.2. The lowest BCUT2D eigenvalue weighted by Crippen LogP contribution is -2.11. The quantitative estimate of drug-likeness (QED) is 0.263. The summed E-state index contributed by atoms with van der Waals surface area (Å²) in [5.41, 5.74) is 3.34. The largest absolute Gasteiger partial charge is 0.377 e. The molecule has 0 aliphatic carbocycles. The van der Waals surface area contributed by atoms with E-state index in [1.807, 2.05) is 19.0 Å². The molecule has 2 aliphatic heterocycles. The van der Waals surface area contributed by atoms with Gasteiger partial charge in [-0.1, -0.05) is 6.07 Å². The summed E-state index contributed by atoms with van der Waals surface area (Å²) in [5, 5.41) is 5.92. The van der Waals surface area contributed by atoms with Gasteiger partial charge in [-0.05, 0) is 66.2 Å². The van der Waals surface area contributed by atoms with Crippen LogP contribution in [0.2, 0.25) is 0 Å². The second-order valence-electron chi connectivity index (χ2n) is 9.10. The number of fused-ring (bicyclic) bond motifs is 2. The molecule has 0 spiro atoms. The summed E-state index contributed by atoms with van der Waals surface area (Å²) < 4.78 is 64.6. The van der Waals surface area contributed by atoms with E-state index >= 15 is 0 Å². The minimum atomic E-state index is -4.48. The number of nitrogens with zero attached hydrogens (tertiary/aromatic N) is 1. The van der Waals surface area contributed by atoms with E-state index < -0.39 is 36.7 Å². The Labute approximate surface area is 224 Å². The summed E-state index contributed by atoms with van der Waals surface area (Å²) >= 11 is 0. The van der Waals surface area contributed by atoms with Crippen LogP contribution in [0.4, 0.5) is 17.1 Å². The molecule has 0 saturated heterocycles. The van der Waals surface area contributed by atoms with Gasteiger partial charge in [0.05, 0.1) is 21.2 Å². The molecule has 0 fully saturated rings. The van der Waals surface area contributed by atoms with E-state index in [-0.39, 0.29) is 27.4 Å². The van der Waals surface area contributed by atoms with Crippen molar-refractivity contribution in [3.63, 3.8) is 0 Å². The zero-order valence-corrected chi connectivity index (χ0v) is 22.1. The number of benzene rings is 3. The van der Waals surface area contributed by atoms with E-state index in [4.69, 9.17) is 0 Å². The molecular formula is C26H21N3O8S2. The van der Waals surface area contributed by atoms with Gasteiger partial charge < -0.3 is 15.5 Å². The zero-order chi connectivity index (χ0) is 28.3. The maximum Gasteiger partial charge on any atom is 0.294 e. The molecule has 39 heavy (non-hydrogen) atoms. The first-order valence-electron chi connectivity index (χ1n) is 11.3. The molecule has 11 nitrogen and oxygen atoms in total. The number of Topliss-reactive ketones (excluding diaryl/α,β-unsaturated/α-hetero) is 2. The number of anilines is 3. The lowest BCUT2D eigenvalue weighted by Gasteiger charge is -2.17. The van der Waals surface area contributed by atoms with E-state index in [2.05, 4.69) is 10.6 Å². The third kappa shape index (κ3) is 4.95. The zero-order valence-electron chi connectivity index (χ0n) is 20.5. The monoisotopic (exact) mass is 567 g/mol. The first kappa shape index (κ1) is 26.3. The van der Waals surface area contributed by atoms with Gasteiger partial charge in [0.15, 0.2) is 0 Å². The van der Waals surface area contributed by atoms with Crippen LogP contribution in [0.5, 0.6) is 0 Å². The number of ketones is 2. The Morgan fingerprint density at radius 1 is 0.692 bits per heavy atom. The summed E-state index contributed by atoms with van der Waals surface area (Å²) in [7, 11) is -5.32. The van der Waals surface area contributed by atoms with Gasteiger partial charge in [-0.15, -0.1) is 0 Å². The van der Waals surface area contributed by atoms with Gasteiger partial charge in [-0.25, -0.2) is 0 Å². The Morgan fingerprint density at radius 2 is 1.18 bits per heavy atom. The lowest BCUT2D eigenvalue weighted by molar-refractivity contribution is 0.103. The SMILES string of the molecule is CN(C)c1ccc(C=C2Nc3ccc(S(=O)(=O)O)cc3C2=O)cc1C=C1Nc2ccc(S(=O)(=O)O)cc2C1=O. The average Bonchev–Trinajstić information content (AvgIpc) is 3.33. The average molecular weight is 568 g/mol. The third-order valence-electron chi connectivity index (χ3n) is 6.24. The number of rotatable bonds is 5. The summed E-state index contributed by atoms with van der Waals surface area (Å²) in [6.07, 6.45) is 3.18. The van der Waals surface area contributed by atoms with Crippen molar-refractivity contribution in [3.05, 3.63) is 88.2 Å². The maximum absolute atomic E-state index is 13.0. The van der Waals surface area contributed by atoms with Crippen molar-refractivity contribution >= 4 is 61.0 Å². The molecule has 2 heterocycles. The number of allylic oxidation sites excluding steroid dienone is 2. The van der Waals surface area contributed by atoms with Gasteiger partial charge in [0.25, 0.3) is 20.2 Å². The molecule has 3 aromatic rings. The molecule has 3 aromatic carbocycles. The first-order valence-corrected chi connectivity index (χ1v) is 14.2. The molecule has 0 radical (unpaired) electrons. The summed E-state index contributed by atoms with van der Waals surface area (Å²) in [5.74, 6) is -0.911. The van der Waals surface area contributed by atoms with Crippen molar-refractivity contribution in [3.8, 4) is 0 Å². The second-order valence-corrected chi connectivity index (χ2v) is 11.9. The van der Waals surface area contributed by atoms with Crippen LogP contribution in [-0.4, -0.2) is 51.6 Å². The van der Waals surface area contributed by atoms with Crippen LogP contribution < -0.4 is 15.5 Å². The minimum absolute atomic E-state index is 0.101. The number of hydrogen-bond donors (Lipinski definition) is 4. The Bertz CT molecular complexity index is 1870. The highest BCUT2D eigenvalue weighted by Gasteiger charge is 2.28. The molecule has 200 valence electrons. The Morgan fingerprint density at radius 3 is 1.64 bits per heavy atom. The Kier molecular flexibility index (Phi) is 6.18. The van der Waals surface area contributed by atoms with Gasteiger partial charge in [0.1, 0.15) is 0 Å². The summed E-state index contributed by atoms with van der Waals surface area (Å²) in [6.45, 7) is 0. The molecule has 0 amide bonds. The molecule has 5 rings (SSSR count). The lowest BCUT2D eigenvalue weighted by atomic mass is 10.0. The van der Waals surface area contributed by atoms with Crippen LogP contribution in [0, 0.1) is 0 Å². The topological polar surface area (TPSA) is 170 Å². The van der Waals surface area contributed by atoms with E-state index in [1.54, 1.807) is 30.4 Å². The predicted octanol–water partition coefficient (Wildman–Crippen LogP) is 3.54. The van der Waals surface area contributed by atoms with Crippen LogP contribution in [0.1, 0.15) is 31.8 Å². The fourth-order valence-corrected chi connectivity index (χ4v) is 5.38. The molecule has 4 N–H and O–H groups in total. The van der Waals surface area contributed by atoms with E-state index in [9.17, 15) is 35.5 Å². The number of carbonyl (C=O) groups is 2. The van der Waals surface area contributed by atoms with E-state index in [0.29, 0.717) is 22.5 Å². The van der Waals surface area contributed by atoms with Crippen LogP contribution in [0.3, 0.4) is 0 Å². The van der Waals surface area contributed by atoms with Crippen molar-refractivity contribution in [2.45, 2.75) is 9.79 Å². The highest BCUT2D eigenvalue weighted by molar-refractivity contribution is 7.86. The smallest absolute Gasteiger partial charge is 0.294 e. The Hall–Kier alpha value is -4.30. The van der Waals surface area contributed by atoms with Gasteiger partial charge >= 0.3 is 0 Å². The fraction of sp³-hybridized carbons (Fsp3) is 0.0769. The van der Waals surface area contributed by atoms with Crippen LogP contribution >= 0.6 is 0 Å². The van der Waals surface area contributed by atoms with Crippen LogP contribution in [-0.2, 0) is 20.2 Å². The second kappa shape index (κ2) is 9.17. The molecule has 2 aliphatic rings. The molecule has 0 bridgehead atoms. The number of carbonyl (C=O) groups excluding carboxylic acids is 2. The molecule has 0 aromatic heterocycles. The van der Waals surface area contributed by atoms with Gasteiger partial charge in [0, 0.05) is 47.8 Å². The molecule has 0 saturated carbocycles. The van der Waals surface area contributed by atoms with Crippen LogP contribution in [0.15, 0.2) is 75.8 Å². The summed E-state index contributed by atoms with van der Waals surface area (Å²) in [4.78, 5) is 27.0. The van der Waals surface area contributed by atoms with Gasteiger partial charge in [0.2, 0.25) is 11.6 Å². The standard InChI is InChI=1S/C26H21N3O8S2/c1-29(2)24-8-3-14(10-22-25(30)18-12-16(38(32,33)34)4-6-20(18)27-22)9-15(24)11-23-26(31)19-13-17(39(35,36)37)5-7-21(19)28-23/h3-13,27-28H,1-2H3,(H,32,33,34)(H,35,36,37). The Balaban J connectivity index is 1.51. The number of hydrogen-bond acceptors (Lipinski definition) is 9. The molecule has 13 heteroatoms. The first-order chi connectivity index (χ1) is 18.2. The molecule has 0 unspecified atom stereocenters. The normalized spacial score (nSPS) is 16.7. The van der Waals surface area contributed by atoms with E-state index in [0.717, 1.165) is 17.8 Å². The van der Waals surface area contributed by atoms with Crippen LogP contribution in [0.25, 0.3) is 12.2 Å². The molecular weight excluding hydrogens is 546 g/mol. The third-order valence-corrected chi connectivity index (χ3v) is 7.94. The van der Waals surface area contributed by atoms with Gasteiger partial charge in [-0.2, -0.15) is 16.8 Å². The van der Waals surface area contributed by atoms with Gasteiger partial charge in [-0.3, -0.25) is 18.7 Å². The minimum Gasteiger partial charge on any atom is -0.377 e. The fourth-order valence-electron chi connectivity index (χ4n) is 4.37. The van der Waals surface area contributed by atoms with E-state index in [1.165, 1.54) is 24.3 Å². The van der Waals surface area contributed by atoms with Crippen molar-refractivity contribution in [2.24, 2.45) is 0 Å². The number of nitrogens with one attached hydrogen (secondary N) is 2. The highest BCUT2D eigenvalue weighted by Crippen LogP contribution is 2.34. The van der Waals surface area contributed by atoms with Crippen molar-refractivity contribution in [2.75, 3.05) is 29.6 Å². The summed E-state index contributed by atoms with van der Waals surface area (Å²) in [6, 6.07) is 12.7. The molecule has 0 atom stereocenters.